The van der Waals surface area contributed by atoms with Crippen molar-refractivity contribution in [2.24, 2.45) is 5.92 Å². The van der Waals surface area contributed by atoms with Crippen LogP contribution in [0.15, 0.2) is 35.3 Å². The highest BCUT2D eigenvalue weighted by Crippen LogP contribution is 2.23. The highest BCUT2D eigenvalue weighted by Gasteiger charge is 2.04. The largest absolute Gasteiger partial charge is 0.493 e. The van der Waals surface area contributed by atoms with Crippen LogP contribution in [-0.4, -0.2) is 13.2 Å². The van der Waals surface area contributed by atoms with Gasteiger partial charge in [0.05, 0.1) is 6.61 Å². The van der Waals surface area contributed by atoms with Gasteiger partial charge >= 0.3 is 0 Å². The van der Waals surface area contributed by atoms with Gasteiger partial charge in [-0.1, -0.05) is 35.9 Å². The average molecular weight is 312 g/mol. The van der Waals surface area contributed by atoms with Gasteiger partial charge in [-0.05, 0) is 37.1 Å². The normalized spacial score (nSPS) is 10.7. The van der Waals surface area contributed by atoms with Crippen LogP contribution in [0.4, 0.5) is 0 Å². The van der Waals surface area contributed by atoms with Crippen molar-refractivity contribution in [1.29, 1.82) is 0 Å². The van der Waals surface area contributed by atoms with Gasteiger partial charge in [-0.2, -0.15) is 0 Å². The summed E-state index contributed by atoms with van der Waals surface area (Å²) in [5.74, 6) is 1.61. The van der Waals surface area contributed by atoms with Crippen molar-refractivity contribution in [1.82, 2.24) is 5.32 Å². The van der Waals surface area contributed by atoms with Gasteiger partial charge in [0.1, 0.15) is 5.75 Å². The highest BCUT2D eigenvalue weighted by atomic mass is 79.9. The molecule has 100 valence electrons. The summed E-state index contributed by atoms with van der Waals surface area (Å²) in [7, 11) is 0. The molecule has 0 radical (unpaired) electrons. The van der Waals surface area contributed by atoms with Crippen LogP contribution in [0.1, 0.15) is 25.8 Å². The number of hydrogen-bond acceptors (Lipinski definition) is 2. The summed E-state index contributed by atoms with van der Waals surface area (Å²) in [6.07, 6.45) is 2.74. The van der Waals surface area contributed by atoms with E-state index in [2.05, 4.69) is 47.7 Å². The minimum Gasteiger partial charge on any atom is -0.493 e. The maximum absolute atomic E-state index is 5.76. The zero-order chi connectivity index (χ0) is 13.4. The van der Waals surface area contributed by atoms with E-state index in [1.807, 2.05) is 18.2 Å². The van der Waals surface area contributed by atoms with Crippen LogP contribution in [0.3, 0.4) is 0 Å². The van der Waals surface area contributed by atoms with Gasteiger partial charge in [-0.15, -0.1) is 6.58 Å². The fourth-order valence-corrected chi connectivity index (χ4v) is 1.98. The summed E-state index contributed by atoms with van der Waals surface area (Å²) < 4.78 is 6.84. The third kappa shape index (κ3) is 5.69. The molecule has 0 saturated carbocycles. The fourth-order valence-electron chi connectivity index (χ4n) is 1.57. The van der Waals surface area contributed by atoms with Gasteiger partial charge in [0.25, 0.3) is 0 Å². The minimum atomic E-state index is 0.655. The molecule has 0 aliphatic heterocycles. The van der Waals surface area contributed by atoms with Gasteiger partial charge in [0.2, 0.25) is 0 Å². The number of benzene rings is 1. The van der Waals surface area contributed by atoms with Crippen LogP contribution in [0.25, 0.3) is 0 Å². The molecular formula is C15H22BrNO. The Morgan fingerprint density at radius 3 is 2.89 bits per heavy atom. The Balaban J connectivity index is 2.61. The SMILES string of the molecule is C=CCCOc1ccc(Br)cc1CNCC(C)C. The lowest BCUT2D eigenvalue weighted by Crippen LogP contribution is -2.19. The van der Waals surface area contributed by atoms with Crippen molar-refractivity contribution in [2.75, 3.05) is 13.2 Å². The van der Waals surface area contributed by atoms with Crippen molar-refractivity contribution in [3.8, 4) is 5.75 Å². The maximum Gasteiger partial charge on any atom is 0.123 e. The second-order valence-corrected chi connectivity index (χ2v) is 5.62. The van der Waals surface area contributed by atoms with E-state index >= 15 is 0 Å². The lowest BCUT2D eigenvalue weighted by molar-refractivity contribution is 0.320. The molecular weight excluding hydrogens is 290 g/mol. The van der Waals surface area contributed by atoms with E-state index in [1.54, 1.807) is 0 Å². The number of hydrogen-bond donors (Lipinski definition) is 1. The minimum absolute atomic E-state index is 0.655. The molecule has 0 aliphatic carbocycles. The molecule has 0 unspecified atom stereocenters. The Kier molecular flexibility index (Phi) is 7.06. The molecule has 0 atom stereocenters. The standard InChI is InChI=1S/C15H22BrNO/c1-4-5-8-18-15-7-6-14(16)9-13(15)11-17-10-12(2)3/h4,6-7,9,12,17H,1,5,8,10-11H2,2-3H3. The monoisotopic (exact) mass is 311 g/mol. The van der Waals surface area contributed by atoms with Gasteiger partial charge in [0.15, 0.2) is 0 Å². The third-order valence-electron chi connectivity index (χ3n) is 2.47. The first kappa shape index (κ1) is 15.3. The van der Waals surface area contributed by atoms with Gasteiger partial charge in [-0.3, -0.25) is 0 Å². The Morgan fingerprint density at radius 1 is 1.44 bits per heavy atom. The molecule has 0 fully saturated rings. The Hall–Kier alpha value is -0.800. The Labute approximate surface area is 119 Å². The van der Waals surface area contributed by atoms with E-state index in [-0.39, 0.29) is 0 Å². The first-order valence-corrected chi connectivity index (χ1v) is 7.15. The summed E-state index contributed by atoms with van der Waals surface area (Å²) in [5.41, 5.74) is 1.19. The van der Waals surface area contributed by atoms with E-state index in [0.717, 1.165) is 29.7 Å². The smallest absolute Gasteiger partial charge is 0.123 e. The van der Waals surface area contributed by atoms with Crippen LogP contribution in [0, 0.1) is 5.92 Å². The molecule has 0 heterocycles. The summed E-state index contributed by atoms with van der Waals surface area (Å²) in [6, 6.07) is 6.13. The molecule has 1 rings (SSSR count). The Bertz CT molecular complexity index is 377. The van der Waals surface area contributed by atoms with Crippen molar-refractivity contribution in [3.05, 3.63) is 40.9 Å². The Morgan fingerprint density at radius 2 is 2.22 bits per heavy atom. The molecule has 0 aromatic heterocycles. The third-order valence-corrected chi connectivity index (χ3v) is 2.96. The average Bonchev–Trinajstić information content (AvgIpc) is 2.31. The topological polar surface area (TPSA) is 21.3 Å². The number of ether oxygens (including phenoxy) is 1. The predicted octanol–water partition coefficient (Wildman–Crippen LogP) is 4.15. The lowest BCUT2D eigenvalue weighted by Gasteiger charge is -2.13. The molecule has 0 amide bonds. The van der Waals surface area contributed by atoms with Crippen LogP contribution in [0.2, 0.25) is 0 Å². The summed E-state index contributed by atoms with van der Waals surface area (Å²) in [5, 5.41) is 3.44. The summed E-state index contributed by atoms with van der Waals surface area (Å²) in [6.45, 7) is 10.6. The number of nitrogens with one attached hydrogen (secondary N) is 1. The molecule has 0 bridgehead atoms. The molecule has 0 spiro atoms. The van der Waals surface area contributed by atoms with E-state index < -0.39 is 0 Å². The van der Waals surface area contributed by atoms with Crippen molar-refractivity contribution < 1.29 is 4.74 Å². The summed E-state index contributed by atoms with van der Waals surface area (Å²) in [4.78, 5) is 0. The molecule has 18 heavy (non-hydrogen) atoms. The molecule has 1 aromatic rings. The van der Waals surface area contributed by atoms with Crippen LogP contribution >= 0.6 is 15.9 Å². The van der Waals surface area contributed by atoms with Gasteiger partial charge in [-0.25, -0.2) is 0 Å². The lowest BCUT2D eigenvalue weighted by atomic mass is 10.2. The van der Waals surface area contributed by atoms with Gasteiger partial charge < -0.3 is 10.1 Å². The van der Waals surface area contributed by atoms with Gasteiger partial charge in [0, 0.05) is 16.6 Å². The summed E-state index contributed by atoms with van der Waals surface area (Å²) >= 11 is 3.50. The second-order valence-electron chi connectivity index (χ2n) is 4.70. The number of halogens is 1. The highest BCUT2D eigenvalue weighted by molar-refractivity contribution is 9.10. The molecule has 0 saturated heterocycles. The quantitative estimate of drug-likeness (QED) is 0.575. The van der Waals surface area contributed by atoms with Crippen molar-refractivity contribution >= 4 is 15.9 Å². The van der Waals surface area contributed by atoms with Crippen LogP contribution in [-0.2, 0) is 6.54 Å². The molecule has 0 aliphatic rings. The maximum atomic E-state index is 5.76. The van der Waals surface area contributed by atoms with Crippen LogP contribution in [0.5, 0.6) is 5.75 Å². The van der Waals surface area contributed by atoms with E-state index in [1.165, 1.54) is 5.56 Å². The predicted molar refractivity (Wildman–Crippen MR) is 81.0 cm³/mol. The molecule has 3 heteroatoms. The van der Waals surface area contributed by atoms with E-state index in [4.69, 9.17) is 4.74 Å². The first-order chi connectivity index (χ1) is 8.63. The molecule has 2 nitrogen and oxygen atoms in total. The van der Waals surface area contributed by atoms with Crippen molar-refractivity contribution in [3.63, 3.8) is 0 Å². The van der Waals surface area contributed by atoms with Crippen molar-refractivity contribution in [2.45, 2.75) is 26.8 Å². The van der Waals surface area contributed by atoms with E-state index in [9.17, 15) is 0 Å². The zero-order valence-electron chi connectivity index (χ0n) is 11.2. The second kappa shape index (κ2) is 8.33. The van der Waals surface area contributed by atoms with Crippen LogP contribution < -0.4 is 10.1 Å². The fraction of sp³-hybridized carbons (Fsp3) is 0.467. The van der Waals surface area contributed by atoms with E-state index in [0.29, 0.717) is 12.5 Å². The molecule has 1 N–H and O–H groups in total. The zero-order valence-corrected chi connectivity index (χ0v) is 12.8. The number of rotatable bonds is 8. The first-order valence-electron chi connectivity index (χ1n) is 6.36. The molecule has 1 aromatic carbocycles.